The molecule has 2 unspecified atom stereocenters. The van der Waals surface area contributed by atoms with Crippen molar-refractivity contribution < 1.29 is 4.79 Å². The van der Waals surface area contributed by atoms with Crippen LogP contribution in [0.3, 0.4) is 0 Å². The van der Waals surface area contributed by atoms with Crippen LogP contribution in [0.5, 0.6) is 0 Å². The highest BCUT2D eigenvalue weighted by Gasteiger charge is 2.23. The molecule has 1 aromatic rings. The zero-order valence-corrected chi connectivity index (χ0v) is 17.3. The van der Waals surface area contributed by atoms with Crippen molar-refractivity contribution >= 4 is 39.6 Å². The number of carbonyl (C=O) groups excluding carboxylic acids is 1. The quantitative estimate of drug-likeness (QED) is 0.416. The number of nitrogens with zero attached hydrogens (tertiary/aromatic N) is 2. The summed E-state index contributed by atoms with van der Waals surface area (Å²) in [6, 6.07) is 8.38. The van der Waals surface area contributed by atoms with Gasteiger partial charge in [-0.3, -0.25) is 9.79 Å². The molecule has 3 N–H and O–H groups in total. The van der Waals surface area contributed by atoms with Crippen molar-refractivity contribution in [3.8, 4) is 0 Å². The number of halogens is 1. The van der Waals surface area contributed by atoms with E-state index in [1.165, 1.54) is 4.90 Å². The van der Waals surface area contributed by atoms with Crippen LogP contribution in [-0.4, -0.2) is 48.7 Å². The second-order valence-electron chi connectivity index (χ2n) is 6.44. The number of rotatable bonds is 6. The van der Waals surface area contributed by atoms with Gasteiger partial charge in [0.25, 0.3) is 0 Å². The SMILES string of the molecule is CN=C(NCC(C)Sc1ccc(Br)cc1)N1CCCC(CC(N)=O)C1. The number of amides is 1. The van der Waals surface area contributed by atoms with Gasteiger partial charge in [-0.2, -0.15) is 0 Å². The number of hydrogen-bond acceptors (Lipinski definition) is 3. The Balaban J connectivity index is 1.82. The minimum atomic E-state index is -0.214. The summed E-state index contributed by atoms with van der Waals surface area (Å²) in [5.74, 6) is 1.03. The first-order valence-corrected chi connectivity index (χ1v) is 10.3. The number of thioether (sulfide) groups is 1. The third-order valence-corrected chi connectivity index (χ3v) is 5.86. The maximum atomic E-state index is 11.2. The van der Waals surface area contributed by atoms with E-state index >= 15 is 0 Å². The molecule has 138 valence electrons. The molecule has 1 aromatic carbocycles. The number of guanidine groups is 1. The number of benzene rings is 1. The summed E-state index contributed by atoms with van der Waals surface area (Å²) in [6.45, 7) is 4.86. The Labute approximate surface area is 163 Å². The summed E-state index contributed by atoms with van der Waals surface area (Å²) < 4.78 is 1.10. The van der Waals surface area contributed by atoms with Crippen LogP contribution in [-0.2, 0) is 4.79 Å². The summed E-state index contributed by atoms with van der Waals surface area (Å²) in [5.41, 5.74) is 5.35. The van der Waals surface area contributed by atoms with E-state index in [4.69, 9.17) is 5.73 Å². The average Bonchev–Trinajstić information content (AvgIpc) is 2.57. The molecule has 2 rings (SSSR count). The number of aliphatic imine (C=N–C) groups is 1. The lowest BCUT2D eigenvalue weighted by atomic mass is 9.95. The first kappa shape index (κ1) is 20.1. The highest BCUT2D eigenvalue weighted by Crippen LogP contribution is 2.24. The van der Waals surface area contributed by atoms with Crippen LogP contribution in [0, 0.1) is 5.92 Å². The van der Waals surface area contributed by atoms with Crippen molar-refractivity contribution in [1.82, 2.24) is 10.2 Å². The number of likely N-dealkylation sites (tertiary alicyclic amines) is 1. The molecule has 2 atom stereocenters. The van der Waals surface area contributed by atoms with Gasteiger partial charge in [-0.25, -0.2) is 0 Å². The van der Waals surface area contributed by atoms with Crippen molar-refractivity contribution in [2.75, 3.05) is 26.7 Å². The van der Waals surface area contributed by atoms with Crippen LogP contribution < -0.4 is 11.1 Å². The Morgan fingerprint density at radius 1 is 1.48 bits per heavy atom. The minimum absolute atomic E-state index is 0.214. The Hall–Kier alpha value is -1.21. The Kier molecular flexibility index (Phi) is 8.09. The van der Waals surface area contributed by atoms with Gasteiger partial charge in [0.05, 0.1) is 0 Å². The van der Waals surface area contributed by atoms with Crippen LogP contribution in [0.1, 0.15) is 26.2 Å². The molecule has 1 aliphatic rings. The van der Waals surface area contributed by atoms with Crippen molar-refractivity contribution in [1.29, 1.82) is 0 Å². The first-order chi connectivity index (χ1) is 12.0. The summed E-state index contributed by atoms with van der Waals surface area (Å²) in [4.78, 5) is 19.1. The highest BCUT2D eigenvalue weighted by molar-refractivity contribution is 9.10. The maximum Gasteiger partial charge on any atom is 0.217 e. The number of primary amides is 1. The van der Waals surface area contributed by atoms with Gasteiger partial charge in [-0.05, 0) is 43.0 Å². The Morgan fingerprint density at radius 3 is 2.84 bits per heavy atom. The Morgan fingerprint density at radius 2 is 2.20 bits per heavy atom. The van der Waals surface area contributed by atoms with Gasteiger partial charge in [-0.15, -0.1) is 11.8 Å². The average molecular weight is 427 g/mol. The third kappa shape index (κ3) is 6.90. The lowest BCUT2D eigenvalue weighted by molar-refractivity contribution is -0.119. The van der Waals surface area contributed by atoms with Crippen LogP contribution >= 0.6 is 27.7 Å². The molecule has 1 heterocycles. The van der Waals surface area contributed by atoms with Crippen molar-refractivity contribution in [3.05, 3.63) is 28.7 Å². The summed E-state index contributed by atoms with van der Waals surface area (Å²) in [7, 11) is 1.81. The molecule has 1 amide bonds. The second-order valence-corrected chi connectivity index (χ2v) is 8.86. The highest BCUT2D eigenvalue weighted by atomic mass is 79.9. The summed E-state index contributed by atoms with van der Waals surface area (Å²) >= 11 is 5.31. The lowest BCUT2D eigenvalue weighted by Gasteiger charge is -2.35. The van der Waals surface area contributed by atoms with Gasteiger partial charge in [0.15, 0.2) is 5.96 Å². The molecule has 0 saturated carbocycles. The summed E-state index contributed by atoms with van der Waals surface area (Å²) in [6.07, 6.45) is 2.59. The topological polar surface area (TPSA) is 70.7 Å². The largest absolute Gasteiger partial charge is 0.370 e. The molecule has 1 aliphatic heterocycles. The maximum absolute atomic E-state index is 11.2. The van der Waals surface area contributed by atoms with Crippen LogP contribution in [0.25, 0.3) is 0 Å². The number of carbonyl (C=O) groups is 1. The van der Waals surface area contributed by atoms with Gasteiger partial charge in [-0.1, -0.05) is 22.9 Å². The molecule has 0 spiro atoms. The number of hydrogen-bond donors (Lipinski definition) is 2. The van der Waals surface area contributed by atoms with E-state index < -0.39 is 0 Å². The van der Waals surface area contributed by atoms with Crippen molar-refractivity contribution in [3.63, 3.8) is 0 Å². The molecule has 0 radical (unpaired) electrons. The van der Waals surface area contributed by atoms with Gasteiger partial charge in [0, 0.05) is 47.7 Å². The van der Waals surface area contributed by atoms with E-state index in [2.05, 4.69) is 62.3 Å². The molecule has 0 aromatic heterocycles. The smallest absolute Gasteiger partial charge is 0.217 e. The number of piperidine rings is 1. The predicted octanol–water partition coefficient (Wildman–Crippen LogP) is 3.09. The van der Waals surface area contributed by atoms with Crippen LogP contribution in [0.4, 0.5) is 0 Å². The van der Waals surface area contributed by atoms with E-state index in [0.29, 0.717) is 17.6 Å². The second kappa shape index (κ2) is 10.1. The van der Waals surface area contributed by atoms with E-state index in [-0.39, 0.29) is 5.91 Å². The molecule has 5 nitrogen and oxygen atoms in total. The van der Waals surface area contributed by atoms with Crippen molar-refractivity contribution in [2.45, 2.75) is 36.3 Å². The van der Waals surface area contributed by atoms with Gasteiger partial charge in [0.2, 0.25) is 5.91 Å². The van der Waals surface area contributed by atoms with E-state index in [1.54, 1.807) is 0 Å². The number of nitrogens with one attached hydrogen (secondary N) is 1. The molecule has 25 heavy (non-hydrogen) atoms. The van der Waals surface area contributed by atoms with Crippen molar-refractivity contribution in [2.24, 2.45) is 16.6 Å². The van der Waals surface area contributed by atoms with Crippen LogP contribution in [0.15, 0.2) is 38.6 Å². The molecular weight excluding hydrogens is 400 g/mol. The fourth-order valence-corrected chi connectivity index (χ4v) is 4.25. The monoisotopic (exact) mass is 426 g/mol. The minimum Gasteiger partial charge on any atom is -0.370 e. The fraction of sp³-hybridized carbons (Fsp3) is 0.556. The summed E-state index contributed by atoms with van der Waals surface area (Å²) in [5, 5.41) is 3.89. The number of nitrogens with two attached hydrogens (primary N) is 1. The normalized spacial score (nSPS) is 19.6. The van der Waals surface area contributed by atoms with E-state index in [1.807, 2.05) is 18.8 Å². The van der Waals surface area contributed by atoms with Gasteiger partial charge >= 0.3 is 0 Å². The molecule has 1 saturated heterocycles. The predicted molar refractivity (Wildman–Crippen MR) is 109 cm³/mol. The zero-order valence-electron chi connectivity index (χ0n) is 14.9. The first-order valence-electron chi connectivity index (χ1n) is 8.64. The zero-order chi connectivity index (χ0) is 18.2. The molecule has 0 bridgehead atoms. The van der Waals surface area contributed by atoms with Gasteiger partial charge < -0.3 is 16.0 Å². The molecule has 1 fully saturated rings. The molecule has 7 heteroatoms. The Bertz CT molecular complexity index is 593. The third-order valence-electron chi connectivity index (χ3n) is 4.22. The molecule has 0 aliphatic carbocycles. The van der Waals surface area contributed by atoms with Gasteiger partial charge in [0.1, 0.15) is 0 Å². The standard InChI is InChI=1S/C18H27BrN4OS/c1-13(25-16-7-5-15(19)6-8-16)11-22-18(21-2)23-9-3-4-14(12-23)10-17(20)24/h5-8,13-14H,3-4,9-12H2,1-2H3,(H2,20,24)(H,21,22). The fourth-order valence-electron chi connectivity index (χ4n) is 3.06. The molecular formula is C18H27BrN4OS. The lowest BCUT2D eigenvalue weighted by Crippen LogP contribution is -2.48. The van der Waals surface area contributed by atoms with E-state index in [9.17, 15) is 4.79 Å². The van der Waals surface area contributed by atoms with E-state index in [0.717, 1.165) is 42.9 Å². The van der Waals surface area contributed by atoms with Crippen LogP contribution in [0.2, 0.25) is 0 Å².